The highest BCUT2D eigenvalue weighted by Gasteiger charge is 2.19. The third-order valence-electron chi connectivity index (χ3n) is 2.97. The molecule has 5 nitrogen and oxygen atoms in total. The quantitative estimate of drug-likeness (QED) is 0.819. The van der Waals surface area contributed by atoms with Gasteiger partial charge >= 0.3 is 0 Å². The van der Waals surface area contributed by atoms with Crippen molar-refractivity contribution in [3.63, 3.8) is 0 Å². The first-order valence-corrected chi connectivity index (χ1v) is 9.10. The summed E-state index contributed by atoms with van der Waals surface area (Å²) in [7, 11) is -3.53. The second-order valence-corrected chi connectivity index (χ2v) is 7.28. The molecule has 0 aliphatic carbocycles. The van der Waals surface area contributed by atoms with E-state index in [-0.39, 0.29) is 10.9 Å². The molecule has 2 N–H and O–H groups in total. The van der Waals surface area contributed by atoms with Gasteiger partial charge in [0.1, 0.15) is 5.01 Å². The van der Waals surface area contributed by atoms with Crippen LogP contribution in [0.1, 0.15) is 30.5 Å². The van der Waals surface area contributed by atoms with Gasteiger partial charge in [0, 0.05) is 18.1 Å². The highest BCUT2D eigenvalue weighted by atomic mass is 32.2. The zero-order chi connectivity index (χ0) is 15.3. The number of thiazole rings is 1. The maximum Gasteiger partial charge on any atom is 0.241 e. The van der Waals surface area contributed by atoms with Gasteiger partial charge in [-0.1, -0.05) is 19.1 Å². The standard InChI is InChI=1S/C14H19N3O2S2/c1-3-15-10-12-4-6-13(7-5-12)21(18,19)17-11(2)14-16-8-9-20-14/h4-9,11,15,17H,3,10H2,1-2H3. The van der Waals surface area contributed by atoms with Gasteiger partial charge < -0.3 is 5.32 Å². The van der Waals surface area contributed by atoms with Crippen molar-refractivity contribution in [2.24, 2.45) is 0 Å². The van der Waals surface area contributed by atoms with E-state index in [0.29, 0.717) is 0 Å². The van der Waals surface area contributed by atoms with Crippen LogP contribution in [0.5, 0.6) is 0 Å². The van der Waals surface area contributed by atoms with Gasteiger partial charge in [-0.05, 0) is 31.2 Å². The third-order valence-corrected chi connectivity index (χ3v) is 5.48. The monoisotopic (exact) mass is 325 g/mol. The summed E-state index contributed by atoms with van der Waals surface area (Å²) in [5.74, 6) is 0. The fraction of sp³-hybridized carbons (Fsp3) is 0.357. The number of hydrogen-bond donors (Lipinski definition) is 2. The number of nitrogens with zero attached hydrogens (tertiary/aromatic N) is 1. The van der Waals surface area contributed by atoms with Gasteiger partial charge in [-0.2, -0.15) is 0 Å². The van der Waals surface area contributed by atoms with Gasteiger partial charge in [0.25, 0.3) is 0 Å². The van der Waals surface area contributed by atoms with Crippen molar-refractivity contribution in [2.45, 2.75) is 31.3 Å². The Bertz CT molecular complexity index is 652. The molecule has 7 heteroatoms. The number of rotatable bonds is 7. The molecule has 1 heterocycles. The van der Waals surface area contributed by atoms with Gasteiger partial charge in [0.2, 0.25) is 10.0 Å². The lowest BCUT2D eigenvalue weighted by atomic mass is 10.2. The average Bonchev–Trinajstić information content (AvgIpc) is 2.99. The minimum atomic E-state index is -3.53. The molecule has 0 aliphatic rings. The Hall–Kier alpha value is -1.28. The van der Waals surface area contributed by atoms with E-state index in [0.717, 1.165) is 23.7 Å². The predicted molar refractivity (Wildman–Crippen MR) is 84.7 cm³/mol. The van der Waals surface area contributed by atoms with Crippen molar-refractivity contribution in [3.8, 4) is 0 Å². The number of nitrogens with one attached hydrogen (secondary N) is 2. The van der Waals surface area contributed by atoms with Gasteiger partial charge in [-0.25, -0.2) is 18.1 Å². The van der Waals surface area contributed by atoms with Gasteiger partial charge in [0.15, 0.2) is 0 Å². The lowest BCUT2D eigenvalue weighted by Crippen LogP contribution is -2.26. The number of hydrogen-bond acceptors (Lipinski definition) is 5. The maximum atomic E-state index is 12.3. The Kier molecular flexibility index (Phi) is 5.46. The molecule has 0 spiro atoms. The highest BCUT2D eigenvalue weighted by molar-refractivity contribution is 7.89. The molecule has 0 bridgehead atoms. The van der Waals surface area contributed by atoms with Gasteiger partial charge in [-0.3, -0.25) is 0 Å². The molecule has 21 heavy (non-hydrogen) atoms. The second-order valence-electron chi connectivity index (χ2n) is 4.64. The Morgan fingerprint density at radius 3 is 2.57 bits per heavy atom. The molecular formula is C14H19N3O2S2. The summed E-state index contributed by atoms with van der Waals surface area (Å²) in [4.78, 5) is 4.39. The molecule has 1 aromatic carbocycles. The fourth-order valence-electron chi connectivity index (χ4n) is 1.86. The topological polar surface area (TPSA) is 71.1 Å². The summed E-state index contributed by atoms with van der Waals surface area (Å²) < 4.78 is 27.3. The normalized spacial score (nSPS) is 13.2. The van der Waals surface area contributed by atoms with Crippen LogP contribution in [0.4, 0.5) is 0 Å². The van der Waals surface area contributed by atoms with Gasteiger partial charge in [0.05, 0.1) is 10.9 Å². The summed E-state index contributed by atoms with van der Waals surface area (Å²) >= 11 is 1.43. The Morgan fingerprint density at radius 1 is 1.29 bits per heavy atom. The van der Waals surface area contributed by atoms with Gasteiger partial charge in [-0.15, -0.1) is 11.3 Å². The molecular weight excluding hydrogens is 306 g/mol. The average molecular weight is 325 g/mol. The minimum absolute atomic E-state index is 0.270. The zero-order valence-corrected chi connectivity index (χ0v) is 13.7. The predicted octanol–water partition coefficient (Wildman–Crippen LogP) is 2.29. The molecule has 0 fully saturated rings. The van der Waals surface area contributed by atoms with Crippen LogP contribution in [0, 0.1) is 0 Å². The van der Waals surface area contributed by atoms with Crippen LogP contribution in [0.3, 0.4) is 0 Å². The molecule has 2 rings (SSSR count). The molecule has 1 aromatic heterocycles. The first kappa shape index (κ1) is 16.1. The fourth-order valence-corrected chi connectivity index (χ4v) is 3.78. The lowest BCUT2D eigenvalue weighted by Gasteiger charge is -2.12. The smallest absolute Gasteiger partial charge is 0.241 e. The Labute approximate surface area is 129 Å². The molecule has 1 unspecified atom stereocenters. The molecule has 114 valence electrons. The Balaban J connectivity index is 2.08. The van der Waals surface area contributed by atoms with E-state index in [4.69, 9.17) is 0 Å². The Morgan fingerprint density at radius 2 is 2.00 bits per heavy atom. The van der Waals surface area contributed by atoms with E-state index < -0.39 is 10.0 Å². The molecule has 0 amide bonds. The van der Waals surface area contributed by atoms with Crippen molar-refractivity contribution in [3.05, 3.63) is 46.4 Å². The van der Waals surface area contributed by atoms with Crippen LogP contribution in [0.25, 0.3) is 0 Å². The largest absolute Gasteiger partial charge is 0.313 e. The lowest BCUT2D eigenvalue weighted by molar-refractivity contribution is 0.566. The zero-order valence-electron chi connectivity index (χ0n) is 12.0. The summed E-state index contributed by atoms with van der Waals surface area (Å²) in [6.07, 6.45) is 1.67. The number of sulfonamides is 1. The third kappa shape index (κ3) is 4.34. The van der Waals surface area contributed by atoms with E-state index in [9.17, 15) is 8.42 Å². The second kappa shape index (κ2) is 7.13. The first-order valence-electron chi connectivity index (χ1n) is 6.74. The molecule has 1 atom stereocenters. The molecule has 0 saturated heterocycles. The van der Waals surface area contributed by atoms with Crippen molar-refractivity contribution in [2.75, 3.05) is 6.54 Å². The van der Waals surface area contributed by atoms with E-state index in [1.807, 2.05) is 24.4 Å². The van der Waals surface area contributed by atoms with E-state index in [1.165, 1.54) is 11.3 Å². The first-order chi connectivity index (χ1) is 10.0. The van der Waals surface area contributed by atoms with Crippen molar-refractivity contribution in [1.82, 2.24) is 15.0 Å². The van der Waals surface area contributed by atoms with Crippen LogP contribution in [-0.4, -0.2) is 19.9 Å². The summed E-state index contributed by atoms with van der Waals surface area (Å²) in [5.41, 5.74) is 1.06. The maximum absolute atomic E-state index is 12.3. The molecule has 0 radical (unpaired) electrons. The molecule has 2 aromatic rings. The van der Waals surface area contributed by atoms with E-state index in [2.05, 4.69) is 15.0 Å². The van der Waals surface area contributed by atoms with Crippen LogP contribution in [0.2, 0.25) is 0 Å². The SMILES string of the molecule is CCNCc1ccc(S(=O)(=O)NC(C)c2nccs2)cc1. The summed E-state index contributed by atoms with van der Waals surface area (Å²) in [6.45, 7) is 5.44. The highest BCUT2D eigenvalue weighted by Crippen LogP contribution is 2.18. The van der Waals surface area contributed by atoms with Crippen molar-refractivity contribution >= 4 is 21.4 Å². The number of aromatic nitrogens is 1. The van der Waals surface area contributed by atoms with Crippen LogP contribution in [-0.2, 0) is 16.6 Å². The van der Waals surface area contributed by atoms with E-state index in [1.54, 1.807) is 25.3 Å². The summed E-state index contributed by atoms with van der Waals surface area (Å²) in [6, 6.07) is 6.57. The van der Waals surface area contributed by atoms with Crippen molar-refractivity contribution in [1.29, 1.82) is 0 Å². The van der Waals surface area contributed by atoms with Crippen LogP contribution >= 0.6 is 11.3 Å². The molecule has 0 aliphatic heterocycles. The minimum Gasteiger partial charge on any atom is -0.313 e. The van der Waals surface area contributed by atoms with Crippen LogP contribution in [0.15, 0.2) is 40.7 Å². The van der Waals surface area contributed by atoms with Crippen LogP contribution < -0.4 is 10.0 Å². The number of benzene rings is 1. The van der Waals surface area contributed by atoms with E-state index >= 15 is 0 Å². The molecule has 0 saturated carbocycles. The van der Waals surface area contributed by atoms with Crippen molar-refractivity contribution < 1.29 is 8.42 Å². The summed E-state index contributed by atoms with van der Waals surface area (Å²) in [5, 5.41) is 5.78.